The lowest BCUT2D eigenvalue weighted by Gasteiger charge is -2.10. The highest BCUT2D eigenvalue weighted by atomic mass is 14.3. The van der Waals surface area contributed by atoms with Crippen LogP contribution in [-0.2, 0) is 0 Å². The van der Waals surface area contributed by atoms with E-state index in [1.54, 1.807) is 11.1 Å². The topological polar surface area (TPSA) is 0 Å². The van der Waals surface area contributed by atoms with Gasteiger partial charge in [-0.1, -0.05) is 19.1 Å². The Kier molecular flexibility index (Phi) is 1.40. The summed E-state index contributed by atoms with van der Waals surface area (Å²) in [6.07, 6.45) is 10.2. The summed E-state index contributed by atoms with van der Waals surface area (Å²) in [5, 5.41) is 0. The van der Waals surface area contributed by atoms with E-state index in [9.17, 15) is 0 Å². The molecule has 2 aliphatic carbocycles. The van der Waals surface area contributed by atoms with Crippen molar-refractivity contribution in [2.45, 2.75) is 32.6 Å². The molecule has 1 fully saturated rings. The van der Waals surface area contributed by atoms with Crippen molar-refractivity contribution in [2.24, 2.45) is 5.92 Å². The summed E-state index contributed by atoms with van der Waals surface area (Å²) >= 11 is 0. The van der Waals surface area contributed by atoms with E-state index in [0.717, 1.165) is 5.92 Å². The van der Waals surface area contributed by atoms with Crippen molar-refractivity contribution >= 4 is 0 Å². The maximum atomic E-state index is 2.44. The third-order valence-corrected chi connectivity index (χ3v) is 2.67. The molecule has 0 heteroatoms. The Morgan fingerprint density at radius 2 is 2.10 bits per heavy atom. The van der Waals surface area contributed by atoms with E-state index >= 15 is 0 Å². The molecule has 0 spiro atoms. The molecule has 0 saturated heterocycles. The number of fused-ring (bicyclic) bond motifs is 1. The zero-order valence-corrected chi connectivity index (χ0v) is 6.56. The molecule has 54 valence electrons. The number of allylic oxidation sites excluding steroid dienone is 4. The highest BCUT2D eigenvalue weighted by Crippen LogP contribution is 2.38. The average molecular weight is 134 g/mol. The first-order valence-corrected chi connectivity index (χ1v) is 4.27. The lowest BCUT2D eigenvalue weighted by atomic mass is 9.96. The van der Waals surface area contributed by atoms with Gasteiger partial charge >= 0.3 is 0 Å². The molecule has 0 aromatic heterocycles. The monoisotopic (exact) mass is 134 g/mol. The highest BCUT2D eigenvalue weighted by Gasteiger charge is 2.21. The summed E-state index contributed by atoms with van der Waals surface area (Å²) in [6, 6.07) is 0. The van der Waals surface area contributed by atoms with Crippen LogP contribution >= 0.6 is 0 Å². The Labute approximate surface area is 62.6 Å². The van der Waals surface area contributed by atoms with Gasteiger partial charge < -0.3 is 0 Å². The lowest BCUT2D eigenvalue weighted by Crippen LogP contribution is -1.93. The minimum absolute atomic E-state index is 0.853. The predicted molar refractivity (Wildman–Crippen MR) is 43.8 cm³/mol. The second-order valence-electron chi connectivity index (χ2n) is 3.41. The predicted octanol–water partition coefficient (Wildman–Crippen LogP) is 3.06. The van der Waals surface area contributed by atoms with E-state index in [4.69, 9.17) is 0 Å². The zero-order chi connectivity index (χ0) is 6.97. The summed E-state index contributed by atoms with van der Waals surface area (Å²) in [5.74, 6) is 0.853. The Morgan fingerprint density at radius 3 is 2.90 bits per heavy atom. The van der Waals surface area contributed by atoms with Crippen LogP contribution < -0.4 is 0 Å². The van der Waals surface area contributed by atoms with E-state index in [2.05, 4.69) is 19.1 Å². The second kappa shape index (κ2) is 2.26. The van der Waals surface area contributed by atoms with Gasteiger partial charge in [-0.05, 0) is 42.7 Å². The molecule has 2 aliphatic rings. The van der Waals surface area contributed by atoms with Crippen LogP contribution in [0.4, 0.5) is 0 Å². The molecule has 0 amide bonds. The number of hydrogen-bond acceptors (Lipinski definition) is 0. The summed E-state index contributed by atoms with van der Waals surface area (Å²) in [4.78, 5) is 0. The smallest absolute Gasteiger partial charge is 0.0188 e. The maximum absolute atomic E-state index is 2.44. The third-order valence-electron chi connectivity index (χ3n) is 2.67. The Hall–Kier alpha value is -0.520. The standard InChI is InChI=1S/C10H14/c1-8-6-7-9-4-2-3-5-10(8)9/h4-5,8H,2-3,6-7H2,1H3/t8-/m1/s1. The summed E-state index contributed by atoms with van der Waals surface area (Å²) in [7, 11) is 0. The first kappa shape index (κ1) is 6.21. The molecule has 0 heterocycles. The first-order valence-electron chi connectivity index (χ1n) is 4.27. The second-order valence-corrected chi connectivity index (χ2v) is 3.41. The van der Waals surface area contributed by atoms with Crippen molar-refractivity contribution in [3.05, 3.63) is 23.3 Å². The van der Waals surface area contributed by atoms with E-state index in [-0.39, 0.29) is 0 Å². The minimum atomic E-state index is 0.853. The van der Waals surface area contributed by atoms with Crippen LogP contribution in [0.3, 0.4) is 0 Å². The van der Waals surface area contributed by atoms with Crippen molar-refractivity contribution in [3.63, 3.8) is 0 Å². The van der Waals surface area contributed by atoms with Crippen LogP contribution in [0.25, 0.3) is 0 Å². The van der Waals surface area contributed by atoms with Gasteiger partial charge in [0.05, 0.1) is 0 Å². The Morgan fingerprint density at radius 1 is 1.30 bits per heavy atom. The lowest BCUT2D eigenvalue weighted by molar-refractivity contribution is 0.694. The van der Waals surface area contributed by atoms with Gasteiger partial charge in [0, 0.05) is 0 Å². The van der Waals surface area contributed by atoms with Gasteiger partial charge in [0.15, 0.2) is 0 Å². The molecule has 0 aromatic rings. The number of hydrogen-bond donors (Lipinski definition) is 0. The summed E-state index contributed by atoms with van der Waals surface area (Å²) < 4.78 is 0. The zero-order valence-electron chi connectivity index (χ0n) is 6.56. The van der Waals surface area contributed by atoms with E-state index in [1.807, 2.05) is 0 Å². The maximum Gasteiger partial charge on any atom is -0.0188 e. The molecular formula is C10H14. The Balaban J connectivity index is 2.31. The molecule has 10 heavy (non-hydrogen) atoms. The minimum Gasteiger partial charge on any atom is -0.0807 e. The average Bonchev–Trinajstić information content (AvgIpc) is 2.34. The fourth-order valence-electron chi connectivity index (χ4n) is 2.04. The van der Waals surface area contributed by atoms with Crippen LogP contribution in [0, 0.1) is 5.92 Å². The molecule has 0 radical (unpaired) electrons. The van der Waals surface area contributed by atoms with Crippen LogP contribution in [0.15, 0.2) is 23.3 Å². The van der Waals surface area contributed by atoms with Crippen molar-refractivity contribution in [2.75, 3.05) is 0 Å². The molecule has 1 atom stereocenters. The van der Waals surface area contributed by atoms with Gasteiger partial charge in [0.1, 0.15) is 0 Å². The van der Waals surface area contributed by atoms with Gasteiger partial charge in [-0.25, -0.2) is 0 Å². The molecule has 1 saturated carbocycles. The van der Waals surface area contributed by atoms with Crippen LogP contribution in [0.5, 0.6) is 0 Å². The molecule has 2 rings (SSSR count). The fourth-order valence-corrected chi connectivity index (χ4v) is 2.04. The van der Waals surface area contributed by atoms with Gasteiger partial charge in [-0.15, -0.1) is 0 Å². The first-order chi connectivity index (χ1) is 4.88. The van der Waals surface area contributed by atoms with Crippen molar-refractivity contribution in [1.29, 1.82) is 0 Å². The molecule has 0 unspecified atom stereocenters. The van der Waals surface area contributed by atoms with Gasteiger partial charge in [-0.3, -0.25) is 0 Å². The quantitative estimate of drug-likeness (QED) is 0.477. The van der Waals surface area contributed by atoms with Crippen molar-refractivity contribution in [1.82, 2.24) is 0 Å². The number of rotatable bonds is 0. The third kappa shape index (κ3) is 0.828. The van der Waals surface area contributed by atoms with Crippen LogP contribution in [0.1, 0.15) is 32.6 Å². The summed E-state index contributed by atoms with van der Waals surface area (Å²) in [5.41, 5.74) is 3.31. The van der Waals surface area contributed by atoms with E-state index in [0.29, 0.717) is 0 Å². The molecule has 0 aliphatic heterocycles. The van der Waals surface area contributed by atoms with Gasteiger partial charge in [-0.2, -0.15) is 0 Å². The molecule has 0 aromatic carbocycles. The van der Waals surface area contributed by atoms with Crippen LogP contribution in [0.2, 0.25) is 0 Å². The SMILES string of the molecule is C[C@@H]1CCC2=CCCC=C21. The van der Waals surface area contributed by atoms with E-state index < -0.39 is 0 Å². The molecule has 0 nitrogen and oxygen atoms in total. The van der Waals surface area contributed by atoms with Crippen LogP contribution in [-0.4, -0.2) is 0 Å². The van der Waals surface area contributed by atoms with Gasteiger partial charge in [0.25, 0.3) is 0 Å². The van der Waals surface area contributed by atoms with Crippen molar-refractivity contribution < 1.29 is 0 Å². The normalized spacial score (nSPS) is 31.1. The fraction of sp³-hybridized carbons (Fsp3) is 0.600. The Bertz CT molecular complexity index is 196. The largest absolute Gasteiger partial charge is 0.0807 e. The van der Waals surface area contributed by atoms with Gasteiger partial charge in [0.2, 0.25) is 0 Å². The van der Waals surface area contributed by atoms with E-state index in [1.165, 1.54) is 25.7 Å². The molecular weight excluding hydrogens is 120 g/mol. The molecule has 0 N–H and O–H groups in total. The molecule has 0 bridgehead atoms. The highest BCUT2D eigenvalue weighted by molar-refractivity contribution is 5.38. The van der Waals surface area contributed by atoms with Crippen molar-refractivity contribution in [3.8, 4) is 0 Å². The summed E-state index contributed by atoms with van der Waals surface area (Å²) in [6.45, 7) is 2.35.